The van der Waals surface area contributed by atoms with E-state index in [1.807, 2.05) is 0 Å². The molecule has 0 radical (unpaired) electrons. The fourth-order valence-corrected chi connectivity index (χ4v) is 1.44. The molecule has 0 spiro atoms. The molecule has 0 saturated heterocycles. The number of hydrogen-bond donors (Lipinski definition) is 2. The maximum atomic E-state index is 14.2. The van der Waals surface area contributed by atoms with Crippen molar-refractivity contribution in [2.24, 2.45) is 0 Å². The third-order valence-electron chi connectivity index (χ3n) is 2.27. The summed E-state index contributed by atoms with van der Waals surface area (Å²) in [5.74, 6) is -1.17. The van der Waals surface area contributed by atoms with Gasteiger partial charge in [0.05, 0.1) is 5.69 Å². The first-order chi connectivity index (χ1) is 7.12. The molecule has 5 heteroatoms. The molecule has 1 heterocycles. The van der Waals surface area contributed by atoms with Crippen molar-refractivity contribution in [1.82, 2.24) is 10.2 Å². The highest BCUT2D eigenvalue weighted by molar-refractivity contribution is 5.85. The van der Waals surface area contributed by atoms with Gasteiger partial charge < -0.3 is 5.11 Å². The molecule has 1 atom stereocenters. The monoisotopic (exact) mass is 208 g/mol. The molecule has 1 aromatic heterocycles. The average molecular weight is 208 g/mol. The Labute approximate surface area is 85.1 Å². The first-order valence-corrected chi connectivity index (χ1v) is 4.44. The minimum absolute atomic E-state index is 0.167. The van der Waals surface area contributed by atoms with E-state index in [2.05, 4.69) is 10.2 Å². The Morgan fingerprint density at radius 3 is 2.93 bits per heavy atom. The standard InChI is InChI=1S/C10H9FN2O2/c11-10(4-2-1-3-5-10)8-6-7(9(14)15)12-13-8/h1-4,6H,5H2,(H,12,13)(H,14,15). The van der Waals surface area contributed by atoms with Crippen LogP contribution in [-0.2, 0) is 5.67 Å². The van der Waals surface area contributed by atoms with Crippen molar-refractivity contribution in [2.45, 2.75) is 12.1 Å². The number of halogens is 1. The van der Waals surface area contributed by atoms with Gasteiger partial charge in [-0.25, -0.2) is 9.18 Å². The van der Waals surface area contributed by atoms with Gasteiger partial charge in [0.25, 0.3) is 0 Å². The zero-order chi connectivity index (χ0) is 10.9. The molecule has 15 heavy (non-hydrogen) atoms. The average Bonchev–Trinajstić information content (AvgIpc) is 2.68. The van der Waals surface area contributed by atoms with Crippen LogP contribution in [0.15, 0.2) is 30.4 Å². The summed E-state index contributed by atoms with van der Waals surface area (Å²) in [5.41, 5.74) is -1.68. The second-order valence-corrected chi connectivity index (χ2v) is 3.33. The number of aromatic carboxylic acids is 1. The number of rotatable bonds is 2. The lowest BCUT2D eigenvalue weighted by molar-refractivity contribution is 0.0690. The molecule has 0 bridgehead atoms. The number of carbonyl (C=O) groups is 1. The van der Waals surface area contributed by atoms with E-state index in [-0.39, 0.29) is 17.8 Å². The van der Waals surface area contributed by atoms with Crippen molar-refractivity contribution in [1.29, 1.82) is 0 Å². The molecule has 0 fully saturated rings. The fourth-order valence-electron chi connectivity index (χ4n) is 1.44. The van der Waals surface area contributed by atoms with Crippen LogP contribution in [0.2, 0.25) is 0 Å². The molecular formula is C10H9FN2O2. The van der Waals surface area contributed by atoms with Crippen molar-refractivity contribution in [3.8, 4) is 0 Å². The van der Waals surface area contributed by atoms with Crippen molar-refractivity contribution in [3.05, 3.63) is 41.8 Å². The SMILES string of the molecule is O=C(O)c1cc(C2(F)C=CC=CC2)[nH]n1. The Morgan fingerprint density at radius 2 is 2.40 bits per heavy atom. The molecule has 78 valence electrons. The molecule has 1 unspecified atom stereocenters. The van der Waals surface area contributed by atoms with E-state index < -0.39 is 11.6 Å². The number of allylic oxidation sites excluding steroid dienone is 4. The summed E-state index contributed by atoms with van der Waals surface area (Å²) < 4.78 is 14.2. The number of nitrogens with one attached hydrogen (secondary N) is 1. The number of carboxylic acid groups (broad SMARTS) is 1. The normalized spacial score (nSPS) is 24.3. The molecule has 0 aliphatic heterocycles. The van der Waals surface area contributed by atoms with Gasteiger partial charge in [0, 0.05) is 6.42 Å². The second-order valence-electron chi connectivity index (χ2n) is 3.33. The van der Waals surface area contributed by atoms with Gasteiger partial charge >= 0.3 is 5.97 Å². The first-order valence-electron chi connectivity index (χ1n) is 4.44. The molecule has 0 saturated carbocycles. The summed E-state index contributed by atoms with van der Waals surface area (Å²) in [6, 6.07) is 1.21. The lowest BCUT2D eigenvalue weighted by atomic mass is 9.94. The lowest BCUT2D eigenvalue weighted by Gasteiger charge is -2.19. The summed E-state index contributed by atoms with van der Waals surface area (Å²) >= 11 is 0. The summed E-state index contributed by atoms with van der Waals surface area (Å²) in [4.78, 5) is 10.6. The Morgan fingerprint density at radius 1 is 1.60 bits per heavy atom. The largest absolute Gasteiger partial charge is 0.476 e. The molecule has 2 N–H and O–H groups in total. The van der Waals surface area contributed by atoms with Gasteiger partial charge in [-0.2, -0.15) is 5.10 Å². The topological polar surface area (TPSA) is 66.0 Å². The molecular weight excluding hydrogens is 199 g/mol. The van der Waals surface area contributed by atoms with Crippen molar-refractivity contribution < 1.29 is 14.3 Å². The van der Waals surface area contributed by atoms with Crippen LogP contribution < -0.4 is 0 Å². The van der Waals surface area contributed by atoms with E-state index in [0.29, 0.717) is 0 Å². The van der Waals surface area contributed by atoms with Gasteiger partial charge in [-0.05, 0) is 12.1 Å². The Hall–Kier alpha value is -1.91. The number of aromatic nitrogens is 2. The van der Waals surface area contributed by atoms with E-state index in [0.717, 1.165) is 0 Å². The Kier molecular flexibility index (Phi) is 2.15. The lowest BCUT2D eigenvalue weighted by Crippen LogP contribution is -2.18. The number of nitrogens with zero attached hydrogens (tertiary/aromatic N) is 1. The number of carboxylic acids is 1. The van der Waals surface area contributed by atoms with E-state index >= 15 is 0 Å². The van der Waals surface area contributed by atoms with E-state index in [9.17, 15) is 9.18 Å². The zero-order valence-corrected chi connectivity index (χ0v) is 7.77. The minimum atomic E-state index is -1.67. The van der Waals surface area contributed by atoms with E-state index in [4.69, 9.17) is 5.11 Å². The van der Waals surface area contributed by atoms with Gasteiger partial charge in [-0.15, -0.1) is 0 Å². The molecule has 0 aromatic carbocycles. The number of aromatic amines is 1. The highest BCUT2D eigenvalue weighted by Crippen LogP contribution is 2.32. The second kappa shape index (κ2) is 3.34. The van der Waals surface area contributed by atoms with Crippen LogP contribution in [0.25, 0.3) is 0 Å². The van der Waals surface area contributed by atoms with Crippen LogP contribution in [0.1, 0.15) is 22.6 Å². The van der Waals surface area contributed by atoms with E-state index in [1.165, 1.54) is 12.1 Å². The molecule has 0 amide bonds. The van der Waals surface area contributed by atoms with Crippen LogP contribution in [0.3, 0.4) is 0 Å². The van der Waals surface area contributed by atoms with Gasteiger partial charge in [0.1, 0.15) is 0 Å². The third-order valence-corrected chi connectivity index (χ3v) is 2.27. The smallest absolute Gasteiger partial charge is 0.356 e. The number of H-pyrrole nitrogens is 1. The van der Waals surface area contributed by atoms with Crippen LogP contribution >= 0.6 is 0 Å². The maximum Gasteiger partial charge on any atom is 0.356 e. The predicted molar refractivity (Wildman–Crippen MR) is 51.2 cm³/mol. The van der Waals surface area contributed by atoms with Crippen LogP contribution in [0.4, 0.5) is 4.39 Å². The number of alkyl halides is 1. The molecule has 2 rings (SSSR count). The minimum Gasteiger partial charge on any atom is -0.476 e. The molecule has 1 aromatic rings. The van der Waals surface area contributed by atoms with Crippen molar-refractivity contribution >= 4 is 5.97 Å². The highest BCUT2D eigenvalue weighted by atomic mass is 19.1. The summed E-state index contributed by atoms with van der Waals surface area (Å²) in [5, 5.41) is 14.6. The van der Waals surface area contributed by atoms with Crippen LogP contribution in [-0.4, -0.2) is 21.3 Å². The van der Waals surface area contributed by atoms with Crippen LogP contribution in [0, 0.1) is 0 Å². The quantitative estimate of drug-likeness (QED) is 0.778. The third kappa shape index (κ3) is 1.68. The van der Waals surface area contributed by atoms with Crippen molar-refractivity contribution in [3.63, 3.8) is 0 Å². The van der Waals surface area contributed by atoms with Gasteiger partial charge in [-0.1, -0.05) is 18.2 Å². The summed E-state index contributed by atoms with van der Waals surface area (Å²) in [6.45, 7) is 0. The van der Waals surface area contributed by atoms with E-state index in [1.54, 1.807) is 18.2 Å². The van der Waals surface area contributed by atoms with Gasteiger partial charge in [-0.3, -0.25) is 5.10 Å². The Bertz CT molecular complexity index is 450. The van der Waals surface area contributed by atoms with Crippen molar-refractivity contribution in [2.75, 3.05) is 0 Å². The highest BCUT2D eigenvalue weighted by Gasteiger charge is 2.31. The first kappa shape index (κ1) is 9.64. The summed E-state index contributed by atoms with van der Waals surface area (Å²) in [6.07, 6.45) is 6.58. The molecule has 1 aliphatic rings. The number of hydrogen-bond acceptors (Lipinski definition) is 2. The fraction of sp³-hybridized carbons (Fsp3) is 0.200. The molecule has 4 nitrogen and oxygen atoms in total. The predicted octanol–water partition coefficient (Wildman–Crippen LogP) is 1.79. The van der Waals surface area contributed by atoms with Crippen LogP contribution in [0.5, 0.6) is 0 Å². The summed E-state index contributed by atoms with van der Waals surface area (Å²) in [7, 11) is 0. The van der Waals surface area contributed by atoms with Gasteiger partial charge in [0.15, 0.2) is 11.4 Å². The van der Waals surface area contributed by atoms with Gasteiger partial charge in [0.2, 0.25) is 0 Å². The zero-order valence-electron chi connectivity index (χ0n) is 7.77. The Balaban J connectivity index is 2.33. The molecule has 1 aliphatic carbocycles. The maximum absolute atomic E-state index is 14.2.